The highest BCUT2D eigenvalue weighted by molar-refractivity contribution is 7.90. The molecule has 0 aromatic heterocycles. The van der Waals surface area contributed by atoms with Crippen molar-refractivity contribution < 1.29 is 14.1 Å². The van der Waals surface area contributed by atoms with E-state index >= 15 is 0 Å². The molecule has 8 heteroatoms. The van der Waals surface area contributed by atoms with Crippen LogP contribution in [-0.4, -0.2) is 23.3 Å². The van der Waals surface area contributed by atoms with Crippen molar-refractivity contribution in [3.05, 3.63) is 81.8 Å². The number of ether oxygens (including phenoxy) is 1. The van der Waals surface area contributed by atoms with Crippen LogP contribution in [0.15, 0.2) is 65.6 Å². The topological polar surface area (TPSA) is 76.4 Å². The number of benzene rings is 3. The molecule has 3 aromatic rings. The number of carbonyl (C=O) groups excluding carboxylic acids is 1. The molecule has 0 bridgehead atoms. The second-order valence-corrected chi connectivity index (χ2v) is 9.57. The number of amides is 1. The second kappa shape index (κ2) is 9.43. The number of rotatable bonds is 5. The number of nitriles is 1. The highest BCUT2D eigenvalue weighted by Gasteiger charge is 2.32. The highest BCUT2D eigenvalue weighted by Crippen LogP contribution is 2.39. The van der Waals surface area contributed by atoms with E-state index in [4.69, 9.17) is 27.9 Å². The Morgan fingerprint density at radius 2 is 1.88 bits per heavy atom. The molecule has 1 fully saturated rings. The Bertz CT molecular complexity index is 1210. The van der Waals surface area contributed by atoms with Gasteiger partial charge in [0.25, 0.3) is 0 Å². The molecule has 5 nitrogen and oxygen atoms in total. The van der Waals surface area contributed by atoms with Gasteiger partial charge in [0.1, 0.15) is 18.1 Å². The lowest BCUT2D eigenvalue weighted by Gasteiger charge is -2.18. The van der Waals surface area contributed by atoms with Crippen LogP contribution in [0.3, 0.4) is 0 Å². The molecular weight excluding hydrogens is 467 g/mol. The maximum Gasteiger partial charge on any atom is 0.227 e. The molecule has 1 saturated heterocycles. The Morgan fingerprint density at radius 3 is 2.56 bits per heavy atom. The van der Waals surface area contributed by atoms with Crippen LogP contribution in [0.25, 0.3) is 0 Å². The number of para-hydroxylation sites is 1. The SMILES string of the molecule is C[S+]([O-])c1ccc(N2C[C@@H](c3ccc(Cl)c(Oc4c(Cl)cccc4C#N)c3)CC2=O)cc1. The zero-order valence-electron chi connectivity index (χ0n) is 17.0. The predicted molar refractivity (Wildman–Crippen MR) is 126 cm³/mol. The van der Waals surface area contributed by atoms with Gasteiger partial charge in [-0.05, 0) is 65.3 Å². The molecule has 4 rings (SSSR count). The molecule has 32 heavy (non-hydrogen) atoms. The smallest absolute Gasteiger partial charge is 0.227 e. The fourth-order valence-corrected chi connectivity index (χ4v) is 4.55. The molecule has 0 spiro atoms. The van der Waals surface area contributed by atoms with Gasteiger partial charge in [-0.3, -0.25) is 4.79 Å². The zero-order chi connectivity index (χ0) is 22.8. The average Bonchev–Trinajstić information content (AvgIpc) is 3.18. The number of carbonyl (C=O) groups is 1. The molecule has 1 aliphatic rings. The standard InChI is InChI=1S/C24H18Cl2N2O3S/c1-32(30)19-8-6-18(7-9-19)28-14-17(12-23(28)29)15-5-10-20(25)22(11-15)31-24-16(13-27)3-2-4-21(24)26/h2-11,17H,12,14H2,1H3/t17-,32?/m0/s1. The fourth-order valence-electron chi connectivity index (χ4n) is 3.66. The van der Waals surface area contributed by atoms with E-state index < -0.39 is 11.2 Å². The molecular formula is C24H18Cl2N2O3S. The van der Waals surface area contributed by atoms with E-state index in [1.165, 1.54) is 0 Å². The molecule has 1 amide bonds. The third-order valence-electron chi connectivity index (χ3n) is 5.33. The van der Waals surface area contributed by atoms with Crippen LogP contribution in [-0.2, 0) is 16.0 Å². The van der Waals surface area contributed by atoms with Crippen LogP contribution < -0.4 is 9.64 Å². The van der Waals surface area contributed by atoms with E-state index in [-0.39, 0.29) is 17.6 Å². The third-order valence-corrected chi connectivity index (χ3v) is 6.88. The molecule has 0 saturated carbocycles. The largest absolute Gasteiger partial charge is 0.612 e. The van der Waals surface area contributed by atoms with E-state index in [9.17, 15) is 14.6 Å². The summed E-state index contributed by atoms with van der Waals surface area (Å²) in [7, 11) is 0. The number of hydrogen-bond donors (Lipinski definition) is 0. The van der Waals surface area contributed by atoms with Gasteiger partial charge in [-0.15, -0.1) is 0 Å². The van der Waals surface area contributed by atoms with Crippen molar-refractivity contribution in [1.29, 1.82) is 5.26 Å². The lowest BCUT2D eigenvalue weighted by Crippen LogP contribution is -2.24. The van der Waals surface area contributed by atoms with Gasteiger partial charge < -0.3 is 14.2 Å². The van der Waals surface area contributed by atoms with Crippen molar-refractivity contribution in [2.24, 2.45) is 0 Å². The van der Waals surface area contributed by atoms with E-state index in [0.29, 0.717) is 39.2 Å². The highest BCUT2D eigenvalue weighted by atomic mass is 35.5. The quantitative estimate of drug-likeness (QED) is 0.421. The van der Waals surface area contributed by atoms with Crippen LogP contribution >= 0.6 is 23.2 Å². The number of hydrogen-bond acceptors (Lipinski definition) is 4. The van der Waals surface area contributed by atoms with Gasteiger partial charge in [-0.2, -0.15) is 5.26 Å². The summed E-state index contributed by atoms with van der Waals surface area (Å²) in [6.45, 7) is 0.504. The van der Waals surface area contributed by atoms with Gasteiger partial charge in [0.05, 0.1) is 15.6 Å². The molecule has 1 unspecified atom stereocenters. The Hall–Kier alpha value is -2.69. The van der Waals surface area contributed by atoms with Gasteiger partial charge in [0, 0.05) is 24.6 Å². The van der Waals surface area contributed by atoms with Crippen molar-refractivity contribution in [2.45, 2.75) is 17.2 Å². The van der Waals surface area contributed by atoms with Gasteiger partial charge in [-0.25, -0.2) is 0 Å². The summed E-state index contributed by atoms with van der Waals surface area (Å²) < 4.78 is 17.5. The summed E-state index contributed by atoms with van der Waals surface area (Å²) in [6, 6.07) is 19.6. The summed E-state index contributed by atoms with van der Waals surface area (Å²) in [6.07, 6.45) is 1.96. The van der Waals surface area contributed by atoms with Crippen molar-refractivity contribution in [1.82, 2.24) is 0 Å². The Morgan fingerprint density at radius 1 is 1.12 bits per heavy atom. The van der Waals surface area contributed by atoms with Crippen molar-refractivity contribution in [3.8, 4) is 17.6 Å². The first-order chi connectivity index (χ1) is 15.4. The lowest BCUT2D eigenvalue weighted by atomic mass is 9.98. The number of nitrogens with zero attached hydrogens (tertiary/aromatic N) is 2. The van der Waals surface area contributed by atoms with Crippen molar-refractivity contribution in [3.63, 3.8) is 0 Å². The van der Waals surface area contributed by atoms with Crippen LogP contribution in [0.1, 0.15) is 23.5 Å². The van der Waals surface area contributed by atoms with E-state index in [2.05, 4.69) is 6.07 Å². The molecule has 0 radical (unpaired) electrons. The molecule has 162 valence electrons. The first kappa shape index (κ1) is 22.5. The van der Waals surface area contributed by atoms with Crippen molar-refractivity contribution in [2.75, 3.05) is 17.7 Å². The Kier molecular flexibility index (Phi) is 6.63. The summed E-state index contributed by atoms with van der Waals surface area (Å²) in [4.78, 5) is 15.1. The lowest BCUT2D eigenvalue weighted by molar-refractivity contribution is -0.117. The molecule has 0 aliphatic carbocycles. The van der Waals surface area contributed by atoms with Gasteiger partial charge in [0.15, 0.2) is 10.6 Å². The van der Waals surface area contributed by atoms with Crippen LogP contribution in [0.4, 0.5) is 5.69 Å². The first-order valence-electron chi connectivity index (χ1n) is 9.77. The minimum Gasteiger partial charge on any atom is -0.612 e. The predicted octanol–water partition coefficient (Wildman–Crippen LogP) is 5.92. The van der Waals surface area contributed by atoms with Gasteiger partial charge >= 0.3 is 0 Å². The normalized spacial score (nSPS) is 16.7. The summed E-state index contributed by atoms with van der Waals surface area (Å²) >= 11 is 11.5. The number of anilines is 1. The summed E-state index contributed by atoms with van der Waals surface area (Å²) in [5.74, 6) is 0.571. The minimum atomic E-state index is -1.07. The van der Waals surface area contributed by atoms with E-state index in [0.717, 1.165) is 11.3 Å². The van der Waals surface area contributed by atoms with Crippen LogP contribution in [0, 0.1) is 11.3 Å². The first-order valence-corrected chi connectivity index (χ1v) is 12.1. The van der Waals surface area contributed by atoms with Crippen LogP contribution in [0.2, 0.25) is 10.0 Å². The minimum absolute atomic E-state index is 0.00987. The zero-order valence-corrected chi connectivity index (χ0v) is 19.4. The molecule has 0 N–H and O–H groups in total. The average molecular weight is 485 g/mol. The monoisotopic (exact) mass is 484 g/mol. The fraction of sp³-hybridized carbons (Fsp3) is 0.167. The van der Waals surface area contributed by atoms with Crippen molar-refractivity contribution >= 4 is 46.0 Å². The third kappa shape index (κ3) is 4.57. The summed E-state index contributed by atoms with van der Waals surface area (Å²) in [5.41, 5.74) is 1.97. The summed E-state index contributed by atoms with van der Waals surface area (Å²) in [5, 5.41) is 10.0. The number of halogens is 2. The molecule has 1 heterocycles. The molecule has 1 aliphatic heterocycles. The van der Waals surface area contributed by atoms with Crippen LogP contribution in [0.5, 0.6) is 11.5 Å². The van der Waals surface area contributed by atoms with E-state index in [1.807, 2.05) is 18.2 Å². The molecule has 3 aromatic carbocycles. The maximum absolute atomic E-state index is 12.7. The second-order valence-electron chi connectivity index (χ2n) is 7.37. The van der Waals surface area contributed by atoms with Gasteiger partial charge in [0.2, 0.25) is 5.91 Å². The van der Waals surface area contributed by atoms with E-state index in [1.54, 1.807) is 53.6 Å². The maximum atomic E-state index is 12.7. The Labute approximate surface area is 199 Å². The Balaban J connectivity index is 1.58. The molecule has 2 atom stereocenters. The van der Waals surface area contributed by atoms with Gasteiger partial charge in [-0.1, -0.05) is 35.3 Å².